The maximum absolute atomic E-state index is 12.8. The summed E-state index contributed by atoms with van der Waals surface area (Å²) in [6, 6.07) is 6.81. The quantitative estimate of drug-likeness (QED) is 0.774. The van der Waals surface area contributed by atoms with Gasteiger partial charge in [0.25, 0.3) is 0 Å². The predicted molar refractivity (Wildman–Crippen MR) is 95.0 cm³/mol. The molecule has 2 aliphatic heterocycles. The van der Waals surface area contributed by atoms with Crippen LogP contribution in [0.15, 0.2) is 29.2 Å². The van der Waals surface area contributed by atoms with Crippen LogP contribution < -0.4 is 4.74 Å². The molecule has 0 radical (unpaired) electrons. The van der Waals surface area contributed by atoms with Gasteiger partial charge in [-0.05, 0) is 49.9 Å². The second-order valence-electron chi connectivity index (χ2n) is 6.65. The molecule has 0 aromatic heterocycles. The zero-order valence-corrected chi connectivity index (χ0v) is 15.5. The second-order valence-corrected chi connectivity index (χ2v) is 8.58. The molecule has 2 heterocycles. The van der Waals surface area contributed by atoms with E-state index >= 15 is 0 Å². The number of piperidine rings is 1. The maximum atomic E-state index is 12.8. The molecule has 1 aromatic rings. The van der Waals surface area contributed by atoms with Gasteiger partial charge in [-0.3, -0.25) is 4.79 Å². The van der Waals surface area contributed by atoms with Crippen molar-refractivity contribution < 1.29 is 17.9 Å². The van der Waals surface area contributed by atoms with Crippen LogP contribution in [0.5, 0.6) is 5.75 Å². The Morgan fingerprint density at radius 3 is 2.36 bits per heavy atom. The van der Waals surface area contributed by atoms with Gasteiger partial charge in [0, 0.05) is 32.1 Å². The zero-order valence-electron chi connectivity index (χ0n) is 14.7. The van der Waals surface area contributed by atoms with Gasteiger partial charge in [0.1, 0.15) is 5.75 Å². The van der Waals surface area contributed by atoms with Crippen LogP contribution in [0.25, 0.3) is 0 Å². The van der Waals surface area contributed by atoms with E-state index in [0.29, 0.717) is 49.6 Å². The molecule has 0 unspecified atom stereocenters. The van der Waals surface area contributed by atoms with Crippen molar-refractivity contribution in [3.63, 3.8) is 0 Å². The minimum absolute atomic E-state index is 0.186. The highest BCUT2D eigenvalue weighted by Crippen LogP contribution is 2.26. The van der Waals surface area contributed by atoms with Crippen LogP contribution >= 0.6 is 0 Å². The maximum Gasteiger partial charge on any atom is 0.243 e. The second kappa shape index (κ2) is 7.74. The monoisotopic (exact) mass is 366 g/mol. The molecule has 0 bridgehead atoms. The number of amides is 1. The minimum atomic E-state index is -3.49. The molecule has 6 nitrogen and oxygen atoms in total. The van der Waals surface area contributed by atoms with Crippen LogP contribution in [-0.4, -0.2) is 55.8 Å². The third-order valence-electron chi connectivity index (χ3n) is 4.91. The number of carbonyl (C=O) groups excluding carboxylic acids is 1. The Kier molecular flexibility index (Phi) is 5.64. The largest absolute Gasteiger partial charge is 0.494 e. The third kappa shape index (κ3) is 3.98. The van der Waals surface area contributed by atoms with Gasteiger partial charge in [0.15, 0.2) is 0 Å². The number of nitrogens with zero attached hydrogens (tertiary/aromatic N) is 2. The van der Waals surface area contributed by atoms with Crippen LogP contribution in [-0.2, 0) is 14.8 Å². The fourth-order valence-electron chi connectivity index (χ4n) is 3.53. The highest BCUT2D eigenvalue weighted by atomic mass is 32.2. The number of benzene rings is 1. The van der Waals surface area contributed by atoms with Crippen molar-refractivity contribution in [3.05, 3.63) is 24.3 Å². The van der Waals surface area contributed by atoms with E-state index in [2.05, 4.69) is 0 Å². The lowest BCUT2D eigenvalue weighted by atomic mass is 10.1. The summed E-state index contributed by atoms with van der Waals surface area (Å²) in [6.45, 7) is 4.39. The van der Waals surface area contributed by atoms with Crippen LogP contribution in [0, 0.1) is 0 Å². The van der Waals surface area contributed by atoms with Crippen molar-refractivity contribution in [2.24, 2.45) is 0 Å². The van der Waals surface area contributed by atoms with Gasteiger partial charge in [0.2, 0.25) is 15.9 Å². The van der Waals surface area contributed by atoms with Gasteiger partial charge in [0.05, 0.1) is 11.5 Å². The SMILES string of the molecule is CCCOc1ccc(S(=O)(=O)N2CCC(N3CCCC3=O)CC2)cc1. The van der Waals surface area contributed by atoms with Gasteiger partial charge in [-0.2, -0.15) is 4.31 Å². The molecule has 138 valence electrons. The first kappa shape index (κ1) is 18.2. The summed E-state index contributed by atoms with van der Waals surface area (Å²) in [7, 11) is -3.49. The highest BCUT2D eigenvalue weighted by Gasteiger charge is 2.34. The molecule has 3 rings (SSSR count). The Balaban J connectivity index is 1.62. The van der Waals surface area contributed by atoms with E-state index < -0.39 is 10.0 Å². The van der Waals surface area contributed by atoms with Crippen LogP contribution in [0.2, 0.25) is 0 Å². The van der Waals surface area contributed by atoms with Crippen LogP contribution in [0.4, 0.5) is 0 Å². The summed E-state index contributed by atoms with van der Waals surface area (Å²) >= 11 is 0. The van der Waals surface area contributed by atoms with Gasteiger partial charge in [-0.15, -0.1) is 0 Å². The number of sulfonamides is 1. The standard InChI is InChI=1S/C18H26N2O4S/c1-2-14-24-16-5-7-17(8-6-16)25(22,23)19-12-9-15(10-13-19)20-11-3-4-18(20)21/h5-8,15H,2-4,9-14H2,1H3. The average Bonchev–Trinajstić information content (AvgIpc) is 3.06. The number of hydrogen-bond donors (Lipinski definition) is 0. The molecule has 1 amide bonds. The smallest absolute Gasteiger partial charge is 0.243 e. The van der Waals surface area contributed by atoms with E-state index in [-0.39, 0.29) is 11.9 Å². The molecule has 2 fully saturated rings. The first-order chi connectivity index (χ1) is 12.0. The molecular formula is C18H26N2O4S. The lowest BCUT2D eigenvalue weighted by Crippen LogP contribution is -2.47. The molecule has 0 atom stereocenters. The Hall–Kier alpha value is -1.60. The predicted octanol–water partition coefficient (Wildman–Crippen LogP) is 2.25. The summed E-state index contributed by atoms with van der Waals surface area (Å²) in [5.41, 5.74) is 0. The number of hydrogen-bond acceptors (Lipinski definition) is 4. The average molecular weight is 366 g/mol. The Labute approximate surface area is 149 Å². The van der Waals surface area contributed by atoms with E-state index in [1.807, 2.05) is 11.8 Å². The summed E-state index contributed by atoms with van der Waals surface area (Å²) in [6.07, 6.45) is 3.88. The summed E-state index contributed by atoms with van der Waals surface area (Å²) < 4.78 is 32.7. The number of rotatable bonds is 6. The lowest BCUT2D eigenvalue weighted by Gasteiger charge is -2.36. The first-order valence-corrected chi connectivity index (χ1v) is 10.5. The van der Waals surface area contributed by atoms with Crippen molar-refractivity contribution in [3.8, 4) is 5.75 Å². The van der Waals surface area contributed by atoms with E-state index in [1.54, 1.807) is 24.3 Å². The first-order valence-electron chi connectivity index (χ1n) is 9.05. The molecule has 2 saturated heterocycles. The molecule has 0 spiro atoms. The Bertz CT molecular complexity index is 694. The van der Waals surface area contributed by atoms with Crippen molar-refractivity contribution in [2.75, 3.05) is 26.2 Å². The van der Waals surface area contributed by atoms with E-state index in [9.17, 15) is 13.2 Å². The molecule has 1 aromatic carbocycles. The van der Waals surface area contributed by atoms with Crippen molar-refractivity contribution in [2.45, 2.75) is 50.0 Å². The number of ether oxygens (including phenoxy) is 1. The van der Waals surface area contributed by atoms with E-state index in [1.165, 1.54) is 4.31 Å². The van der Waals surface area contributed by atoms with Crippen LogP contribution in [0.3, 0.4) is 0 Å². The number of likely N-dealkylation sites (tertiary alicyclic amines) is 1. The topological polar surface area (TPSA) is 66.9 Å². The van der Waals surface area contributed by atoms with Crippen molar-refractivity contribution in [1.29, 1.82) is 0 Å². The molecule has 0 aliphatic carbocycles. The van der Waals surface area contributed by atoms with Crippen molar-refractivity contribution >= 4 is 15.9 Å². The van der Waals surface area contributed by atoms with E-state index in [4.69, 9.17) is 4.74 Å². The molecular weight excluding hydrogens is 340 g/mol. The fraction of sp³-hybridized carbons (Fsp3) is 0.611. The van der Waals surface area contributed by atoms with Crippen LogP contribution in [0.1, 0.15) is 39.0 Å². The van der Waals surface area contributed by atoms with Crippen molar-refractivity contribution in [1.82, 2.24) is 9.21 Å². The summed E-state index contributed by atoms with van der Waals surface area (Å²) in [4.78, 5) is 14.1. The summed E-state index contributed by atoms with van der Waals surface area (Å²) in [5.74, 6) is 0.899. The molecule has 0 N–H and O–H groups in total. The van der Waals surface area contributed by atoms with Gasteiger partial charge in [-0.25, -0.2) is 8.42 Å². The van der Waals surface area contributed by atoms with Gasteiger partial charge < -0.3 is 9.64 Å². The molecule has 25 heavy (non-hydrogen) atoms. The number of carbonyl (C=O) groups is 1. The highest BCUT2D eigenvalue weighted by molar-refractivity contribution is 7.89. The Morgan fingerprint density at radius 1 is 1.12 bits per heavy atom. The normalized spacial score (nSPS) is 20.2. The lowest BCUT2D eigenvalue weighted by molar-refractivity contribution is -0.130. The third-order valence-corrected chi connectivity index (χ3v) is 6.82. The molecule has 2 aliphatic rings. The van der Waals surface area contributed by atoms with E-state index in [0.717, 1.165) is 19.4 Å². The summed E-state index contributed by atoms with van der Waals surface area (Å²) in [5, 5.41) is 0. The molecule has 7 heteroatoms. The molecule has 0 saturated carbocycles. The minimum Gasteiger partial charge on any atom is -0.494 e. The van der Waals surface area contributed by atoms with Gasteiger partial charge in [-0.1, -0.05) is 6.92 Å². The Morgan fingerprint density at radius 2 is 1.80 bits per heavy atom. The van der Waals surface area contributed by atoms with Gasteiger partial charge >= 0.3 is 0 Å². The fourth-order valence-corrected chi connectivity index (χ4v) is 5.00. The zero-order chi connectivity index (χ0) is 17.9.